The van der Waals surface area contributed by atoms with Gasteiger partial charge in [-0.2, -0.15) is 0 Å². The molecule has 0 unspecified atom stereocenters. The van der Waals surface area contributed by atoms with Crippen molar-refractivity contribution < 1.29 is 24.6 Å². The Morgan fingerprint density at radius 2 is 1.85 bits per heavy atom. The first kappa shape index (κ1) is 16.4. The fourth-order valence-electron chi connectivity index (χ4n) is 2.25. The van der Waals surface area contributed by atoms with E-state index >= 15 is 0 Å². The Balaban J connectivity index is 2.53. The summed E-state index contributed by atoms with van der Waals surface area (Å²) in [4.78, 5) is 33.8. The third-order valence-corrected chi connectivity index (χ3v) is 3.74. The van der Waals surface area contributed by atoms with E-state index in [4.69, 9.17) is 10.2 Å². The van der Waals surface area contributed by atoms with Crippen LogP contribution in [0.4, 0.5) is 0 Å². The molecule has 1 atom stereocenters. The Hall–Kier alpha value is -1.63. The van der Waals surface area contributed by atoms with Gasteiger partial charge in [0.1, 0.15) is 6.04 Å². The van der Waals surface area contributed by atoms with Crippen molar-refractivity contribution in [2.75, 3.05) is 13.1 Å². The number of amides is 1. The van der Waals surface area contributed by atoms with Crippen LogP contribution < -0.4 is 10.6 Å². The number of carbonyl (C=O) groups excluding carboxylic acids is 1. The Kier molecular flexibility index (Phi) is 5.94. The zero-order valence-corrected chi connectivity index (χ0v) is 11.6. The Morgan fingerprint density at radius 1 is 1.25 bits per heavy atom. The van der Waals surface area contributed by atoms with Gasteiger partial charge in [-0.15, -0.1) is 0 Å². The lowest BCUT2D eigenvalue weighted by atomic mass is 9.80. The Bertz CT molecular complexity index is 377. The minimum absolute atomic E-state index is 0.0964. The molecule has 1 amide bonds. The lowest BCUT2D eigenvalue weighted by Crippen LogP contribution is -2.50. The third-order valence-electron chi connectivity index (χ3n) is 3.74. The van der Waals surface area contributed by atoms with Gasteiger partial charge in [0.25, 0.3) is 0 Å². The number of hydrogen-bond acceptors (Lipinski definition) is 4. The first-order valence-electron chi connectivity index (χ1n) is 6.81. The Labute approximate surface area is 117 Å². The van der Waals surface area contributed by atoms with Gasteiger partial charge in [0, 0.05) is 11.8 Å². The van der Waals surface area contributed by atoms with Crippen LogP contribution in [0.15, 0.2) is 0 Å². The van der Waals surface area contributed by atoms with Crippen LogP contribution in [0.2, 0.25) is 0 Å². The van der Waals surface area contributed by atoms with E-state index in [0.717, 1.165) is 13.1 Å². The molecule has 0 aromatic rings. The molecule has 0 aromatic carbocycles. The highest BCUT2D eigenvalue weighted by Crippen LogP contribution is 2.28. The second kappa shape index (κ2) is 7.23. The summed E-state index contributed by atoms with van der Waals surface area (Å²) in [6.07, 6.45) is 1.59. The van der Waals surface area contributed by atoms with Crippen LogP contribution in [-0.2, 0) is 14.4 Å². The minimum Gasteiger partial charge on any atom is -0.481 e. The quantitative estimate of drug-likeness (QED) is 0.531. The van der Waals surface area contributed by atoms with Gasteiger partial charge in [-0.3, -0.25) is 9.59 Å². The van der Waals surface area contributed by atoms with Gasteiger partial charge in [0.05, 0.1) is 0 Å². The van der Waals surface area contributed by atoms with E-state index in [9.17, 15) is 14.4 Å². The van der Waals surface area contributed by atoms with Gasteiger partial charge in [-0.1, -0.05) is 6.92 Å². The smallest absolute Gasteiger partial charge is 0.326 e. The van der Waals surface area contributed by atoms with Crippen molar-refractivity contribution in [3.63, 3.8) is 0 Å². The number of rotatable bonds is 7. The van der Waals surface area contributed by atoms with Crippen molar-refractivity contribution in [1.29, 1.82) is 0 Å². The highest BCUT2D eigenvalue weighted by molar-refractivity contribution is 5.87. The van der Waals surface area contributed by atoms with Gasteiger partial charge < -0.3 is 20.8 Å². The number of carboxylic acid groups (broad SMARTS) is 2. The van der Waals surface area contributed by atoms with Crippen LogP contribution in [0.3, 0.4) is 0 Å². The standard InChI is InChI=1S/C13H22N2O5/c1-13(5-7-14-8-6-13)12(20)15-9(11(18)19)3-2-4-10(16)17/h9,14H,2-8H2,1H3,(H,15,20)(H,16,17)(H,18,19)/t9-/m1/s1. The average molecular weight is 286 g/mol. The first-order valence-corrected chi connectivity index (χ1v) is 6.81. The maximum Gasteiger partial charge on any atom is 0.326 e. The summed E-state index contributed by atoms with van der Waals surface area (Å²) in [6.45, 7) is 3.31. The number of nitrogens with one attached hydrogen (secondary N) is 2. The molecular formula is C13H22N2O5. The zero-order chi connectivity index (χ0) is 15.2. The average Bonchev–Trinajstić information content (AvgIpc) is 2.37. The molecule has 1 rings (SSSR count). The summed E-state index contributed by atoms with van der Waals surface area (Å²) < 4.78 is 0. The molecule has 0 aliphatic carbocycles. The molecule has 1 aliphatic heterocycles. The lowest BCUT2D eigenvalue weighted by molar-refractivity contribution is -0.144. The second-order valence-electron chi connectivity index (χ2n) is 5.46. The lowest BCUT2D eigenvalue weighted by Gasteiger charge is -2.33. The molecule has 7 heteroatoms. The van der Waals surface area contributed by atoms with Crippen LogP contribution in [0.25, 0.3) is 0 Å². The molecule has 7 nitrogen and oxygen atoms in total. The molecule has 0 radical (unpaired) electrons. The topological polar surface area (TPSA) is 116 Å². The predicted octanol–water partition coefficient (Wildman–Crippen LogP) is 0.200. The van der Waals surface area contributed by atoms with Crippen molar-refractivity contribution in [3.05, 3.63) is 0 Å². The molecule has 114 valence electrons. The number of carboxylic acids is 2. The summed E-state index contributed by atoms with van der Waals surface area (Å²) in [5.74, 6) is -2.35. The zero-order valence-electron chi connectivity index (χ0n) is 11.6. The van der Waals surface area contributed by atoms with E-state index in [1.807, 2.05) is 6.92 Å². The highest BCUT2D eigenvalue weighted by Gasteiger charge is 2.36. The van der Waals surface area contributed by atoms with E-state index in [0.29, 0.717) is 12.8 Å². The largest absolute Gasteiger partial charge is 0.481 e. The van der Waals surface area contributed by atoms with E-state index in [-0.39, 0.29) is 25.2 Å². The fourth-order valence-corrected chi connectivity index (χ4v) is 2.25. The predicted molar refractivity (Wildman–Crippen MR) is 71.3 cm³/mol. The minimum atomic E-state index is -1.12. The SMILES string of the molecule is CC1(C(=O)N[C@H](CCCC(=O)O)C(=O)O)CCNCC1. The molecule has 0 saturated carbocycles. The summed E-state index contributed by atoms with van der Waals surface area (Å²) in [5, 5.41) is 23.3. The van der Waals surface area contributed by atoms with Crippen LogP contribution in [-0.4, -0.2) is 47.2 Å². The summed E-state index contributed by atoms with van der Waals surface area (Å²) in [6, 6.07) is -1.02. The van der Waals surface area contributed by atoms with Crippen molar-refractivity contribution in [3.8, 4) is 0 Å². The summed E-state index contributed by atoms with van der Waals surface area (Å²) >= 11 is 0. The number of piperidine rings is 1. The van der Waals surface area contributed by atoms with Crippen LogP contribution in [0.1, 0.15) is 39.0 Å². The molecule has 0 spiro atoms. The maximum absolute atomic E-state index is 12.2. The van der Waals surface area contributed by atoms with Crippen molar-refractivity contribution in [2.45, 2.75) is 45.1 Å². The van der Waals surface area contributed by atoms with Gasteiger partial charge in [-0.25, -0.2) is 4.79 Å². The summed E-state index contributed by atoms with van der Waals surface area (Å²) in [7, 11) is 0. The van der Waals surface area contributed by atoms with Gasteiger partial charge in [0.2, 0.25) is 5.91 Å². The summed E-state index contributed by atoms with van der Waals surface area (Å²) in [5.41, 5.74) is -0.550. The van der Waals surface area contributed by atoms with Gasteiger partial charge in [-0.05, 0) is 38.8 Å². The molecule has 20 heavy (non-hydrogen) atoms. The second-order valence-corrected chi connectivity index (χ2v) is 5.46. The third kappa shape index (κ3) is 4.80. The molecular weight excluding hydrogens is 264 g/mol. The van der Waals surface area contributed by atoms with Crippen LogP contribution in [0.5, 0.6) is 0 Å². The first-order chi connectivity index (χ1) is 9.35. The number of aliphatic carboxylic acids is 2. The van der Waals surface area contributed by atoms with Crippen LogP contribution in [0, 0.1) is 5.41 Å². The highest BCUT2D eigenvalue weighted by atomic mass is 16.4. The van der Waals surface area contributed by atoms with Crippen molar-refractivity contribution >= 4 is 17.8 Å². The monoisotopic (exact) mass is 286 g/mol. The van der Waals surface area contributed by atoms with Gasteiger partial charge >= 0.3 is 11.9 Å². The molecule has 0 bridgehead atoms. The molecule has 1 heterocycles. The van der Waals surface area contributed by atoms with Crippen molar-refractivity contribution in [2.24, 2.45) is 5.41 Å². The molecule has 1 saturated heterocycles. The molecule has 0 aromatic heterocycles. The normalized spacial score (nSPS) is 19.1. The molecule has 1 fully saturated rings. The number of hydrogen-bond donors (Lipinski definition) is 4. The molecule has 4 N–H and O–H groups in total. The van der Waals surface area contributed by atoms with E-state index in [1.165, 1.54) is 0 Å². The number of carbonyl (C=O) groups is 3. The van der Waals surface area contributed by atoms with Gasteiger partial charge in [0.15, 0.2) is 0 Å². The van der Waals surface area contributed by atoms with E-state index < -0.39 is 23.4 Å². The van der Waals surface area contributed by atoms with Crippen molar-refractivity contribution in [1.82, 2.24) is 10.6 Å². The van der Waals surface area contributed by atoms with E-state index in [2.05, 4.69) is 10.6 Å². The molecule has 1 aliphatic rings. The van der Waals surface area contributed by atoms with E-state index in [1.54, 1.807) is 0 Å². The fraction of sp³-hybridized carbons (Fsp3) is 0.769. The van der Waals surface area contributed by atoms with Crippen LogP contribution >= 0.6 is 0 Å². The Morgan fingerprint density at radius 3 is 2.35 bits per heavy atom. The maximum atomic E-state index is 12.2.